The molecule has 0 spiro atoms. The standard InChI is InChI=1S/C16H11F2NO2/c1-9-14-3-2-12(7-15(14)16(20)8-19-9)21-13-5-10(17)4-11(18)6-13/h2-8,20H,1H3. The zero-order valence-electron chi connectivity index (χ0n) is 11.1. The van der Waals surface area contributed by atoms with Crippen molar-refractivity contribution in [2.24, 2.45) is 0 Å². The van der Waals surface area contributed by atoms with Crippen LogP contribution in [-0.4, -0.2) is 10.1 Å². The van der Waals surface area contributed by atoms with E-state index in [2.05, 4.69) is 4.98 Å². The van der Waals surface area contributed by atoms with Crippen molar-refractivity contribution < 1.29 is 18.6 Å². The van der Waals surface area contributed by atoms with Crippen LogP contribution in [0.3, 0.4) is 0 Å². The average molecular weight is 287 g/mol. The van der Waals surface area contributed by atoms with E-state index in [4.69, 9.17) is 4.74 Å². The van der Waals surface area contributed by atoms with Crippen LogP contribution in [0, 0.1) is 18.6 Å². The van der Waals surface area contributed by atoms with Crippen LogP contribution in [-0.2, 0) is 0 Å². The molecule has 0 aliphatic carbocycles. The third-order valence-corrected chi connectivity index (χ3v) is 3.11. The Morgan fingerprint density at radius 2 is 1.67 bits per heavy atom. The van der Waals surface area contributed by atoms with Crippen molar-refractivity contribution in [3.8, 4) is 17.2 Å². The molecule has 2 aromatic carbocycles. The SMILES string of the molecule is Cc1ncc(O)c2cc(Oc3cc(F)cc(F)c3)ccc12. The Kier molecular flexibility index (Phi) is 3.17. The van der Waals surface area contributed by atoms with Crippen LogP contribution < -0.4 is 4.74 Å². The minimum atomic E-state index is -0.714. The smallest absolute Gasteiger partial charge is 0.141 e. The minimum absolute atomic E-state index is 0.0199. The van der Waals surface area contributed by atoms with E-state index in [1.54, 1.807) is 18.2 Å². The maximum absolute atomic E-state index is 13.1. The molecule has 0 fully saturated rings. The number of hydrogen-bond acceptors (Lipinski definition) is 3. The third kappa shape index (κ3) is 2.63. The predicted octanol–water partition coefficient (Wildman–Crippen LogP) is 4.32. The van der Waals surface area contributed by atoms with E-state index in [9.17, 15) is 13.9 Å². The van der Waals surface area contributed by atoms with Crippen molar-refractivity contribution in [2.45, 2.75) is 6.92 Å². The van der Waals surface area contributed by atoms with E-state index in [1.165, 1.54) is 6.20 Å². The Morgan fingerprint density at radius 3 is 2.38 bits per heavy atom. The maximum atomic E-state index is 13.1. The van der Waals surface area contributed by atoms with E-state index in [0.717, 1.165) is 29.3 Å². The summed E-state index contributed by atoms with van der Waals surface area (Å²) in [7, 11) is 0. The fraction of sp³-hybridized carbons (Fsp3) is 0.0625. The van der Waals surface area contributed by atoms with Gasteiger partial charge in [0.25, 0.3) is 0 Å². The van der Waals surface area contributed by atoms with E-state index in [1.807, 2.05) is 6.92 Å². The third-order valence-electron chi connectivity index (χ3n) is 3.11. The lowest BCUT2D eigenvalue weighted by Crippen LogP contribution is -1.89. The molecule has 0 radical (unpaired) electrons. The Morgan fingerprint density at radius 1 is 0.952 bits per heavy atom. The number of benzene rings is 2. The molecule has 3 aromatic rings. The first-order chi connectivity index (χ1) is 10.0. The number of rotatable bonds is 2. The summed E-state index contributed by atoms with van der Waals surface area (Å²) in [6, 6.07) is 7.94. The second kappa shape index (κ2) is 5.01. The monoisotopic (exact) mass is 287 g/mol. The summed E-state index contributed by atoms with van der Waals surface area (Å²) in [5.74, 6) is -0.987. The normalized spacial score (nSPS) is 10.8. The number of aryl methyl sites for hydroxylation is 1. The quantitative estimate of drug-likeness (QED) is 0.763. The highest BCUT2D eigenvalue weighted by Crippen LogP contribution is 2.31. The van der Waals surface area contributed by atoms with Crippen molar-refractivity contribution >= 4 is 10.8 Å². The van der Waals surface area contributed by atoms with Gasteiger partial charge in [-0.3, -0.25) is 4.98 Å². The molecule has 1 heterocycles. The zero-order chi connectivity index (χ0) is 15.0. The highest BCUT2D eigenvalue weighted by molar-refractivity contribution is 5.90. The van der Waals surface area contributed by atoms with Crippen molar-refractivity contribution in [3.63, 3.8) is 0 Å². The molecule has 1 N–H and O–H groups in total. The molecule has 3 rings (SSSR count). The van der Waals surface area contributed by atoms with Crippen LogP contribution in [0.2, 0.25) is 0 Å². The van der Waals surface area contributed by atoms with Gasteiger partial charge in [-0.15, -0.1) is 0 Å². The van der Waals surface area contributed by atoms with Gasteiger partial charge in [0.05, 0.1) is 6.20 Å². The maximum Gasteiger partial charge on any atom is 0.141 e. The van der Waals surface area contributed by atoms with Crippen LogP contribution in [0.4, 0.5) is 8.78 Å². The zero-order valence-corrected chi connectivity index (χ0v) is 11.1. The Hall–Kier alpha value is -2.69. The molecule has 0 unspecified atom stereocenters. The summed E-state index contributed by atoms with van der Waals surface area (Å²) >= 11 is 0. The van der Waals surface area contributed by atoms with Gasteiger partial charge in [0.15, 0.2) is 0 Å². The van der Waals surface area contributed by atoms with Gasteiger partial charge in [0.2, 0.25) is 0 Å². The summed E-state index contributed by atoms with van der Waals surface area (Å²) < 4.78 is 31.7. The first kappa shape index (κ1) is 13.3. The number of fused-ring (bicyclic) bond motifs is 1. The molecule has 0 aliphatic rings. The molecule has 0 bridgehead atoms. The summed E-state index contributed by atoms with van der Waals surface area (Å²) in [6.07, 6.45) is 1.35. The number of nitrogens with zero attached hydrogens (tertiary/aromatic N) is 1. The lowest BCUT2D eigenvalue weighted by atomic mass is 10.1. The van der Waals surface area contributed by atoms with Gasteiger partial charge in [-0.05, 0) is 25.1 Å². The number of pyridine rings is 1. The second-order valence-electron chi connectivity index (χ2n) is 4.64. The molecule has 3 nitrogen and oxygen atoms in total. The molecule has 0 amide bonds. The van der Waals surface area contributed by atoms with E-state index in [0.29, 0.717) is 11.1 Å². The summed E-state index contributed by atoms with van der Waals surface area (Å²) in [5.41, 5.74) is 0.770. The largest absolute Gasteiger partial charge is 0.506 e. The molecule has 0 saturated heterocycles. The van der Waals surface area contributed by atoms with Gasteiger partial charge in [0.1, 0.15) is 28.9 Å². The van der Waals surface area contributed by atoms with Gasteiger partial charge in [-0.25, -0.2) is 8.78 Å². The Bertz CT molecular complexity index is 814. The number of halogens is 2. The second-order valence-corrected chi connectivity index (χ2v) is 4.64. The summed E-state index contributed by atoms with van der Waals surface area (Å²) in [5, 5.41) is 11.2. The molecule has 0 atom stereocenters. The van der Waals surface area contributed by atoms with E-state index < -0.39 is 11.6 Å². The first-order valence-electron chi connectivity index (χ1n) is 6.25. The number of aromatic nitrogens is 1. The van der Waals surface area contributed by atoms with Crippen LogP contribution in [0.15, 0.2) is 42.6 Å². The average Bonchev–Trinajstić information content (AvgIpc) is 2.42. The lowest BCUT2D eigenvalue weighted by Gasteiger charge is -2.09. The van der Waals surface area contributed by atoms with Crippen LogP contribution in [0.25, 0.3) is 10.8 Å². The fourth-order valence-electron chi connectivity index (χ4n) is 2.13. The number of ether oxygens (including phenoxy) is 1. The first-order valence-corrected chi connectivity index (χ1v) is 6.25. The van der Waals surface area contributed by atoms with Gasteiger partial charge >= 0.3 is 0 Å². The lowest BCUT2D eigenvalue weighted by molar-refractivity contribution is 0.466. The van der Waals surface area contributed by atoms with Crippen LogP contribution in [0.5, 0.6) is 17.2 Å². The highest BCUT2D eigenvalue weighted by atomic mass is 19.1. The molecule has 106 valence electrons. The van der Waals surface area contributed by atoms with Crippen molar-refractivity contribution in [1.29, 1.82) is 0 Å². The molecular weight excluding hydrogens is 276 g/mol. The fourth-order valence-corrected chi connectivity index (χ4v) is 2.13. The molecule has 0 saturated carbocycles. The number of aromatic hydroxyl groups is 1. The topological polar surface area (TPSA) is 42.4 Å². The van der Waals surface area contributed by atoms with Crippen LogP contribution >= 0.6 is 0 Å². The summed E-state index contributed by atoms with van der Waals surface area (Å²) in [4.78, 5) is 4.05. The predicted molar refractivity (Wildman–Crippen MR) is 74.6 cm³/mol. The van der Waals surface area contributed by atoms with Crippen LogP contribution in [0.1, 0.15) is 5.69 Å². The van der Waals surface area contributed by atoms with Gasteiger partial charge in [-0.2, -0.15) is 0 Å². The molecule has 0 aliphatic heterocycles. The van der Waals surface area contributed by atoms with Gasteiger partial charge in [0, 0.05) is 34.7 Å². The Labute approximate surface area is 119 Å². The van der Waals surface area contributed by atoms with Crippen molar-refractivity contribution in [1.82, 2.24) is 4.98 Å². The van der Waals surface area contributed by atoms with Crippen molar-refractivity contribution in [3.05, 3.63) is 59.9 Å². The van der Waals surface area contributed by atoms with Gasteiger partial charge < -0.3 is 9.84 Å². The van der Waals surface area contributed by atoms with E-state index in [-0.39, 0.29) is 11.5 Å². The molecular formula is C16H11F2NO2. The molecule has 1 aromatic heterocycles. The number of hydrogen-bond donors (Lipinski definition) is 1. The Balaban J connectivity index is 2.03. The van der Waals surface area contributed by atoms with Crippen molar-refractivity contribution in [2.75, 3.05) is 0 Å². The highest BCUT2D eigenvalue weighted by Gasteiger charge is 2.07. The molecule has 5 heteroatoms. The van der Waals surface area contributed by atoms with E-state index >= 15 is 0 Å². The summed E-state index contributed by atoms with van der Waals surface area (Å²) in [6.45, 7) is 1.82. The molecule has 21 heavy (non-hydrogen) atoms. The minimum Gasteiger partial charge on any atom is -0.506 e. The van der Waals surface area contributed by atoms with Gasteiger partial charge in [-0.1, -0.05) is 0 Å².